The van der Waals surface area contributed by atoms with Gasteiger partial charge in [0.2, 0.25) is 0 Å². The zero-order chi connectivity index (χ0) is 13.0. The van der Waals surface area contributed by atoms with Gasteiger partial charge in [-0.05, 0) is 5.56 Å². The molecule has 7 heteroatoms. The van der Waals surface area contributed by atoms with Gasteiger partial charge in [0.15, 0.2) is 0 Å². The normalized spacial score (nSPS) is 10.1. The Morgan fingerprint density at radius 2 is 2.24 bits per heavy atom. The molecule has 5 nitrogen and oxygen atoms in total. The lowest BCUT2D eigenvalue weighted by atomic mass is 10.0. The highest BCUT2D eigenvalue weighted by atomic mass is 79.9. The van der Waals surface area contributed by atoms with Crippen molar-refractivity contribution < 1.29 is 18.8 Å². The molecule has 0 saturated heterocycles. The van der Waals surface area contributed by atoms with Crippen LogP contribution in [0, 0.1) is 15.9 Å². The Labute approximate surface area is 105 Å². The number of non-ortho nitro benzene ring substituents is 1. The van der Waals surface area contributed by atoms with Gasteiger partial charge in [-0.25, -0.2) is 4.39 Å². The molecule has 0 heterocycles. The summed E-state index contributed by atoms with van der Waals surface area (Å²) in [6.07, 6.45) is -0.249. The topological polar surface area (TPSA) is 69.4 Å². The number of nitrogens with zero attached hydrogens (tertiary/aromatic N) is 1. The molecule has 0 atom stereocenters. The maximum atomic E-state index is 13.6. The zero-order valence-corrected chi connectivity index (χ0v) is 10.5. The fourth-order valence-electron chi connectivity index (χ4n) is 1.32. The number of esters is 1. The summed E-state index contributed by atoms with van der Waals surface area (Å²) < 4.78 is 18.1. The monoisotopic (exact) mass is 305 g/mol. The number of hydrogen-bond donors (Lipinski definition) is 0. The Bertz CT molecular complexity index is 464. The van der Waals surface area contributed by atoms with Crippen molar-refractivity contribution in [3.05, 3.63) is 39.2 Å². The fourth-order valence-corrected chi connectivity index (χ4v) is 1.82. The van der Waals surface area contributed by atoms with Crippen molar-refractivity contribution in [2.75, 3.05) is 7.11 Å². The van der Waals surface area contributed by atoms with Gasteiger partial charge < -0.3 is 4.74 Å². The molecule has 1 aromatic carbocycles. The van der Waals surface area contributed by atoms with Crippen LogP contribution in [0.3, 0.4) is 0 Å². The molecule has 0 fully saturated rings. The van der Waals surface area contributed by atoms with E-state index in [-0.39, 0.29) is 23.0 Å². The number of nitro groups is 1. The minimum atomic E-state index is -0.779. The lowest BCUT2D eigenvalue weighted by Crippen LogP contribution is -2.09. The van der Waals surface area contributed by atoms with E-state index in [0.717, 1.165) is 6.07 Å². The number of ether oxygens (including phenoxy) is 1. The molecule has 0 aromatic heterocycles. The largest absolute Gasteiger partial charge is 0.469 e. The lowest BCUT2D eigenvalue weighted by Gasteiger charge is -2.07. The molecular weight excluding hydrogens is 297 g/mol. The molecule has 0 N–H and O–H groups in total. The van der Waals surface area contributed by atoms with E-state index in [4.69, 9.17) is 0 Å². The van der Waals surface area contributed by atoms with Crippen molar-refractivity contribution in [3.8, 4) is 0 Å². The highest BCUT2D eigenvalue weighted by molar-refractivity contribution is 9.08. The first-order valence-corrected chi connectivity index (χ1v) is 5.70. The number of alkyl halides is 1. The molecule has 92 valence electrons. The minimum absolute atomic E-state index is 0.110. The van der Waals surface area contributed by atoms with Gasteiger partial charge in [-0.15, -0.1) is 0 Å². The van der Waals surface area contributed by atoms with E-state index >= 15 is 0 Å². The Hall–Kier alpha value is -1.50. The third-order valence-corrected chi connectivity index (χ3v) is 2.78. The Morgan fingerprint density at radius 1 is 1.59 bits per heavy atom. The number of halogens is 2. The van der Waals surface area contributed by atoms with Crippen LogP contribution in [0.1, 0.15) is 11.1 Å². The summed E-state index contributed by atoms with van der Waals surface area (Å²) in [4.78, 5) is 20.9. The number of carbonyl (C=O) groups is 1. The van der Waals surface area contributed by atoms with Crippen LogP contribution in [-0.2, 0) is 21.3 Å². The van der Waals surface area contributed by atoms with Crippen molar-refractivity contribution >= 4 is 27.6 Å². The summed E-state index contributed by atoms with van der Waals surface area (Å²) in [5.41, 5.74) is 0.131. The first-order chi connectivity index (χ1) is 7.99. The smallest absolute Gasteiger partial charge is 0.310 e. The van der Waals surface area contributed by atoms with Crippen molar-refractivity contribution in [1.29, 1.82) is 0 Å². The summed E-state index contributed by atoms with van der Waals surface area (Å²) in [5, 5.41) is 10.8. The molecular formula is C10H9BrFNO4. The van der Waals surface area contributed by atoms with Crippen LogP contribution in [0.4, 0.5) is 10.1 Å². The average Bonchev–Trinajstić information content (AvgIpc) is 2.30. The van der Waals surface area contributed by atoms with Gasteiger partial charge >= 0.3 is 5.97 Å². The number of benzene rings is 1. The summed E-state index contributed by atoms with van der Waals surface area (Å²) in [5.74, 6) is -1.38. The van der Waals surface area contributed by atoms with Crippen molar-refractivity contribution in [1.82, 2.24) is 0 Å². The van der Waals surface area contributed by atoms with E-state index in [1.807, 2.05) is 0 Å². The Morgan fingerprint density at radius 3 is 2.71 bits per heavy atom. The van der Waals surface area contributed by atoms with Gasteiger partial charge in [-0.2, -0.15) is 0 Å². The van der Waals surface area contributed by atoms with Crippen LogP contribution in [0.5, 0.6) is 0 Å². The lowest BCUT2D eigenvalue weighted by molar-refractivity contribution is -0.385. The molecule has 0 unspecified atom stereocenters. The van der Waals surface area contributed by atoms with Gasteiger partial charge in [0, 0.05) is 17.0 Å². The summed E-state index contributed by atoms with van der Waals surface area (Å²) >= 11 is 3.10. The van der Waals surface area contributed by atoms with E-state index in [1.165, 1.54) is 13.2 Å². The molecule has 0 aliphatic carbocycles. The van der Waals surface area contributed by atoms with E-state index < -0.39 is 16.7 Å². The average molecular weight is 306 g/mol. The minimum Gasteiger partial charge on any atom is -0.469 e. The molecule has 17 heavy (non-hydrogen) atoms. The second kappa shape index (κ2) is 5.72. The highest BCUT2D eigenvalue weighted by Crippen LogP contribution is 2.24. The number of hydrogen-bond acceptors (Lipinski definition) is 4. The standard InChI is InChI=1S/C10H9BrFNO4/c1-17-10(14)4-8-6(5-11)2-7(13(15)16)3-9(8)12/h2-3H,4-5H2,1H3. The van der Waals surface area contributed by atoms with Crippen molar-refractivity contribution in [2.45, 2.75) is 11.8 Å². The summed E-state index contributed by atoms with van der Waals surface area (Å²) in [6, 6.07) is 2.03. The second-order valence-corrected chi connectivity index (χ2v) is 3.77. The van der Waals surface area contributed by atoms with Crippen LogP contribution >= 0.6 is 15.9 Å². The number of methoxy groups -OCH3 is 1. The van der Waals surface area contributed by atoms with Gasteiger partial charge in [0.25, 0.3) is 5.69 Å². The van der Waals surface area contributed by atoms with Crippen molar-refractivity contribution in [3.63, 3.8) is 0 Å². The van der Waals surface area contributed by atoms with Gasteiger partial charge in [0.1, 0.15) is 5.82 Å². The SMILES string of the molecule is COC(=O)Cc1c(F)cc([N+](=O)[O-])cc1CBr. The third kappa shape index (κ3) is 3.23. The predicted molar refractivity (Wildman–Crippen MR) is 61.4 cm³/mol. The summed E-state index contributed by atoms with van der Waals surface area (Å²) in [7, 11) is 1.19. The molecule has 1 rings (SSSR count). The molecule has 0 bridgehead atoms. The van der Waals surface area contributed by atoms with E-state index in [9.17, 15) is 19.3 Å². The second-order valence-electron chi connectivity index (χ2n) is 3.21. The van der Waals surface area contributed by atoms with Gasteiger partial charge in [-0.1, -0.05) is 15.9 Å². The van der Waals surface area contributed by atoms with Crippen LogP contribution < -0.4 is 0 Å². The van der Waals surface area contributed by atoms with E-state index in [2.05, 4.69) is 20.7 Å². The van der Waals surface area contributed by atoms with Gasteiger partial charge in [-0.3, -0.25) is 14.9 Å². The molecule has 0 aliphatic rings. The van der Waals surface area contributed by atoms with Crippen LogP contribution in [0.25, 0.3) is 0 Å². The Kier molecular flexibility index (Phi) is 4.56. The first-order valence-electron chi connectivity index (χ1n) is 4.58. The first kappa shape index (κ1) is 13.6. The molecule has 0 amide bonds. The summed E-state index contributed by atoms with van der Waals surface area (Å²) in [6.45, 7) is 0. The Balaban J connectivity index is 3.21. The maximum Gasteiger partial charge on any atom is 0.310 e. The third-order valence-electron chi connectivity index (χ3n) is 2.18. The molecule has 0 radical (unpaired) electrons. The number of carbonyl (C=O) groups excluding carboxylic acids is 1. The van der Waals surface area contributed by atoms with E-state index in [0.29, 0.717) is 5.56 Å². The van der Waals surface area contributed by atoms with Gasteiger partial charge in [0.05, 0.1) is 24.5 Å². The van der Waals surface area contributed by atoms with Crippen LogP contribution in [0.2, 0.25) is 0 Å². The molecule has 0 aliphatic heterocycles. The number of nitro benzene ring substituents is 1. The highest BCUT2D eigenvalue weighted by Gasteiger charge is 2.18. The zero-order valence-electron chi connectivity index (χ0n) is 8.91. The quantitative estimate of drug-likeness (QED) is 0.370. The number of rotatable bonds is 4. The maximum absolute atomic E-state index is 13.6. The molecule has 0 spiro atoms. The fraction of sp³-hybridized carbons (Fsp3) is 0.300. The van der Waals surface area contributed by atoms with Crippen LogP contribution in [0.15, 0.2) is 12.1 Å². The molecule has 1 aromatic rings. The predicted octanol–water partition coefficient (Wildman–Crippen LogP) is 2.34. The molecule has 0 saturated carbocycles. The van der Waals surface area contributed by atoms with Crippen LogP contribution in [-0.4, -0.2) is 18.0 Å². The van der Waals surface area contributed by atoms with Crippen molar-refractivity contribution in [2.24, 2.45) is 0 Å². The van der Waals surface area contributed by atoms with E-state index in [1.54, 1.807) is 0 Å².